The molecule has 1 heterocycles. The molecule has 2 aromatic rings. The lowest BCUT2D eigenvalue weighted by Gasteiger charge is -2.11. The Morgan fingerprint density at radius 1 is 1.41 bits per heavy atom. The summed E-state index contributed by atoms with van der Waals surface area (Å²) in [5.74, 6) is -0.111. The third-order valence-corrected chi connectivity index (χ3v) is 3.68. The Morgan fingerprint density at radius 3 is 2.82 bits per heavy atom. The number of benzene rings is 1. The molecule has 0 aliphatic heterocycles. The van der Waals surface area contributed by atoms with Crippen molar-refractivity contribution in [1.29, 1.82) is 0 Å². The summed E-state index contributed by atoms with van der Waals surface area (Å²) in [6.07, 6.45) is 3.73. The second-order valence-corrected chi connectivity index (χ2v) is 4.83. The average Bonchev–Trinajstić information content (AvgIpc) is 3.03. The van der Waals surface area contributed by atoms with Crippen LogP contribution in [0, 0.1) is 6.92 Å². The van der Waals surface area contributed by atoms with E-state index in [1.54, 1.807) is 0 Å². The molecule has 3 heteroatoms. The quantitative estimate of drug-likeness (QED) is 0.804. The third-order valence-electron chi connectivity index (χ3n) is 3.68. The van der Waals surface area contributed by atoms with Crippen LogP contribution >= 0.6 is 0 Å². The van der Waals surface area contributed by atoms with Crippen molar-refractivity contribution in [3.63, 3.8) is 0 Å². The largest absolute Gasteiger partial charge is 0.468 e. The van der Waals surface area contributed by atoms with Gasteiger partial charge in [-0.25, -0.2) is 0 Å². The lowest BCUT2D eigenvalue weighted by atomic mass is 9.95. The van der Waals surface area contributed by atoms with E-state index in [4.69, 9.17) is 4.74 Å². The minimum Gasteiger partial charge on any atom is -0.468 e. The number of carbonyl (C=O) groups excluding carboxylic acids is 1. The summed E-state index contributed by atoms with van der Waals surface area (Å²) in [7, 11) is 1.46. The van der Waals surface area contributed by atoms with E-state index in [2.05, 4.69) is 30.1 Å². The van der Waals surface area contributed by atoms with E-state index in [0.717, 1.165) is 29.3 Å². The van der Waals surface area contributed by atoms with E-state index in [1.807, 2.05) is 6.20 Å². The van der Waals surface area contributed by atoms with Crippen molar-refractivity contribution < 1.29 is 9.53 Å². The molecule has 3 nitrogen and oxygen atoms in total. The molecule has 1 fully saturated rings. The molecule has 0 spiro atoms. The van der Waals surface area contributed by atoms with Crippen LogP contribution in [0.5, 0.6) is 0 Å². The van der Waals surface area contributed by atoms with Gasteiger partial charge in [0.05, 0.1) is 12.5 Å². The number of hydrogen-bond donors (Lipinski definition) is 1. The number of aromatic amines is 1. The predicted molar refractivity (Wildman–Crippen MR) is 66.0 cm³/mol. The van der Waals surface area contributed by atoms with Gasteiger partial charge in [0.25, 0.3) is 0 Å². The van der Waals surface area contributed by atoms with Gasteiger partial charge in [0.15, 0.2) is 0 Å². The molecular weight excluding hydrogens is 214 g/mol. The summed E-state index contributed by atoms with van der Waals surface area (Å²) in [6, 6.07) is 6.26. The molecule has 1 aliphatic rings. The standard InChI is InChI=1S/C14H15NO2/c1-9-3-4-12-10(7-9)11(8-15-12)14(5-6-14)13(16)17-2/h3-4,7-8,15H,5-6H2,1-2H3. The van der Waals surface area contributed by atoms with Crippen LogP contribution in [0.25, 0.3) is 10.9 Å². The fraction of sp³-hybridized carbons (Fsp3) is 0.357. The number of H-pyrrole nitrogens is 1. The number of hydrogen-bond acceptors (Lipinski definition) is 2. The number of fused-ring (bicyclic) bond motifs is 1. The van der Waals surface area contributed by atoms with Gasteiger partial charge in [-0.3, -0.25) is 4.79 Å². The van der Waals surface area contributed by atoms with Crippen LogP contribution < -0.4 is 0 Å². The van der Waals surface area contributed by atoms with E-state index in [0.29, 0.717) is 0 Å². The van der Waals surface area contributed by atoms with Crippen molar-refractivity contribution in [2.24, 2.45) is 0 Å². The zero-order valence-electron chi connectivity index (χ0n) is 10.0. The summed E-state index contributed by atoms with van der Waals surface area (Å²) in [5, 5.41) is 1.15. The molecule has 1 aliphatic carbocycles. The molecule has 1 N–H and O–H groups in total. The zero-order chi connectivity index (χ0) is 12.0. The molecule has 0 atom stereocenters. The summed E-state index contributed by atoms with van der Waals surface area (Å²) in [6.45, 7) is 2.06. The van der Waals surface area contributed by atoms with Gasteiger partial charge in [-0.05, 0) is 37.5 Å². The lowest BCUT2D eigenvalue weighted by molar-refractivity contribution is -0.143. The van der Waals surface area contributed by atoms with E-state index in [1.165, 1.54) is 12.7 Å². The Morgan fingerprint density at radius 2 is 2.18 bits per heavy atom. The molecule has 0 amide bonds. The van der Waals surface area contributed by atoms with E-state index < -0.39 is 0 Å². The van der Waals surface area contributed by atoms with Gasteiger partial charge < -0.3 is 9.72 Å². The fourth-order valence-electron chi connectivity index (χ4n) is 2.53. The summed E-state index contributed by atoms with van der Waals surface area (Å²) < 4.78 is 4.93. The van der Waals surface area contributed by atoms with Gasteiger partial charge in [0, 0.05) is 17.1 Å². The highest BCUT2D eigenvalue weighted by Gasteiger charge is 2.53. The van der Waals surface area contributed by atoms with Crippen molar-refractivity contribution in [3.8, 4) is 0 Å². The average molecular weight is 229 g/mol. The first kappa shape index (κ1) is 10.4. The Balaban J connectivity index is 2.18. The number of aryl methyl sites for hydroxylation is 1. The third kappa shape index (κ3) is 1.38. The lowest BCUT2D eigenvalue weighted by Crippen LogP contribution is -2.21. The number of methoxy groups -OCH3 is 1. The van der Waals surface area contributed by atoms with Crippen molar-refractivity contribution in [2.45, 2.75) is 25.2 Å². The molecule has 1 saturated carbocycles. The summed E-state index contributed by atoms with van der Waals surface area (Å²) in [4.78, 5) is 15.1. The molecule has 1 aromatic carbocycles. The van der Waals surface area contributed by atoms with Crippen molar-refractivity contribution >= 4 is 16.9 Å². The van der Waals surface area contributed by atoms with Gasteiger partial charge in [-0.1, -0.05) is 11.6 Å². The normalized spacial score (nSPS) is 17.1. The molecule has 0 saturated heterocycles. The monoisotopic (exact) mass is 229 g/mol. The molecule has 88 valence electrons. The van der Waals surface area contributed by atoms with Crippen LogP contribution in [0.3, 0.4) is 0 Å². The van der Waals surface area contributed by atoms with Crippen LogP contribution in [0.4, 0.5) is 0 Å². The van der Waals surface area contributed by atoms with Crippen LogP contribution in [0.15, 0.2) is 24.4 Å². The number of carbonyl (C=O) groups is 1. The number of aromatic nitrogens is 1. The smallest absolute Gasteiger partial charge is 0.316 e. The summed E-state index contributed by atoms with van der Waals surface area (Å²) >= 11 is 0. The minimum atomic E-state index is -0.388. The maximum absolute atomic E-state index is 11.9. The number of rotatable bonds is 2. The molecule has 1 aromatic heterocycles. The van der Waals surface area contributed by atoms with E-state index in [9.17, 15) is 4.79 Å². The van der Waals surface area contributed by atoms with Gasteiger partial charge in [-0.2, -0.15) is 0 Å². The Bertz CT molecular complexity index is 593. The Kier molecular flexibility index (Phi) is 2.05. The van der Waals surface area contributed by atoms with Crippen molar-refractivity contribution in [3.05, 3.63) is 35.5 Å². The van der Waals surface area contributed by atoms with Crippen LogP contribution in [-0.2, 0) is 14.9 Å². The minimum absolute atomic E-state index is 0.111. The first-order valence-electron chi connectivity index (χ1n) is 5.84. The van der Waals surface area contributed by atoms with Crippen LogP contribution in [0.1, 0.15) is 24.0 Å². The highest BCUT2D eigenvalue weighted by Crippen LogP contribution is 2.51. The van der Waals surface area contributed by atoms with Crippen molar-refractivity contribution in [2.75, 3.05) is 7.11 Å². The van der Waals surface area contributed by atoms with E-state index in [-0.39, 0.29) is 11.4 Å². The van der Waals surface area contributed by atoms with Gasteiger partial charge in [0.2, 0.25) is 0 Å². The second-order valence-electron chi connectivity index (χ2n) is 4.83. The van der Waals surface area contributed by atoms with Gasteiger partial charge in [-0.15, -0.1) is 0 Å². The maximum Gasteiger partial charge on any atom is 0.316 e. The SMILES string of the molecule is COC(=O)C1(c2c[nH]c3ccc(C)cc23)CC1. The van der Waals surface area contributed by atoms with E-state index >= 15 is 0 Å². The molecule has 0 radical (unpaired) electrons. The number of nitrogens with one attached hydrogen (secondary N) is 1. The fourth-order valence-corrected chi connectivity index (χ4v) is 2.53. The first-order valence-corrected chi connectivity index (χ1v) is 5.84. The Labute approximate surface area is 99.8 Å². The predicted octanol–water partition coefficient (Wildman–Crippen LogP) is 2.68. The van der Waals surface area contributed by atoms with Crippen LogP contribution in [-0.4, -0.2) is 18.1 Å². The molecule has 0 unspecified atom stereocenters. The second kappa shape index (κ2) is 3.36. The first-order chi connectivity index (χ1) is 8.17. The van der Waals surface area contributed by atoms with Crippen LogP contribution in [0.2, 0.25) is 0 Å². The Hall–Kier alpha value is -1.77. The summed E-state index contributed by atoms with van der Waals surface area (Å²) in [5.41, 5.74) is 2.99. The molecule has 3 rings (SSSR count). The highest BCUT2D eigenvalue weighted by atomic mass is 16.5. The number of ether oxygens (including phenoxy) is 1. The zero-order valence-corrected chi connectivity index (χ0v) is 10.0. The van der Waals surface area contributed by atoms with Gasteiger partial charge >= 0.3 is 5.97 Å². The van der Waals surface area contributed by atoms with Crippen molar-refractivity contribution in [1.82, 2.24) is 4.98 Å². The molecular formula is C14H15NO2. The maximum atomic E-state index is 11.9. The number of esters is 1. The highest BCUT2D eigenvalue weighted by molar-refractivity contribution is 5.95. The molecule has 0 bridgehead atoms. The topological polar surface area (TPSA) is 42.1 Å². The molecule has 17 heavy (non-hydrogen) atoms. The van der Waals surface area contributed by atoms with Gasteiger partial charge in [0.1, 0.15) is 0 Å².